The molecule has 0 aliphatic carbocycles. The summed E-state index contributed by atoms with van der Waals surface area (Å²) in [6.45, 7) is 0. The van der Waals surface area contributed by atoms with Crippen molar-refractivity contribution in [1.82, 2.24) is 0 Å². The monoisotopic (exact) mass is 652 g/mol. The van der Waals surface area contributed by atoms with Crippen LogP contribution in [0.4, 0.5) is 26.3 Å². The second-order valence-electron chi connectivity index (χ2n) is 9.83. The Bertz CT molecular complexity index is 1570. The van der Waals surface area contributed by atoms with E-state index in [0.717, 1.165) is 0 Å². The molecule has 0 saturated heterocycles. The third kappa shape index (κ3) is 3.79. The molecule has 0 aromatic heterocycles. The van der Waals surface area contributed by atoms with Crippen LogP contribution in [0.25, 0.3) is 0 Å². The Kier molecular flexibility index (Phi) is 6.22. The minimum absolute atomic E-state index is 0.149. The van der Waals surface area contributed by atoms with Crippen molar-refractivity contribution < 1.29 is 68.3 Å². The van der Waals surface area contributed by atoms with Gasteiger partial charge in [-0.15, -0.1) is 0 Å². The summed E-state index contributed by atoms with van der Waals surface area (Å²) in [4.78, 5) is 0. The molecule has 2 aromatic carbocycles. The Morgan fingerprint density at radius 3 is 1.20 bits per heavy atom. The van der Waals surface area contributed by atoms with Crippen LogP contribution in [0.5, 0.6) is 0 Å². The summed E-state index contributed by atoms with van der Waals surface area (Å²) in [6.07, 6.45) is 0. The number of quaternary nitrogens is 2. The van der Waals surface area contributed by atoms with Crippen molar-refractivity contribution in [3.05, 3.63) is 71.8 Å². The molecular formula is C20H22F6N4O8S2Si. The van der Waals surface area contributed by atoms with Gasteiger partial charge in [0.2, 0.25) is 0 Å². The van der Waals surface area contributed by atoms with Crippen LogP contribution in [0.3, 0.4) is 0 Å². The van der Waals surface area contributed by atoms with Crippen molar-refractivity contribution >= 4 is 40.0 Å². The van der Waals surface area contributed by atoms with Crippen molar-refractivity contribution in [2.75, 3.05) is 28.2 Å². The summed E-state index contributed by atoms with van der Waals surface area (Å²) in [5.41, 5.74) is -13.0. The van der Waals surface area contributed by atoms with Crippen LogP contribution in [0, 0.1) is 0 Å². The summed E-state index contributed by atoms with van der Waals surface area (Å²) in [7, 11) is -20.4. The molecule has 0 saturated carbocycles. The van der Waals surface area contributed by atoms with Crippen LogP contribution >= 0.6 is 0 Å². The van der Waals surface area contributed by atoms with E-state index in [1.54, 1.807) is 0 Å². The predicted octanol–water partition coefficient (Wildman–Crippen LogP) is 2.99. The van der Waals surface area contributed by atoms with Crippen molar-refractivity contribution in [2.24, 2.45) is 10.2 Å². The third-order valence-electron chi connectivity index (χ3n) is 6.77. The molecule has 2 heterocycles. The SMILES string of the molecule is C[N+]1(C)N=C(c2ccccc2)O[Si-2]12(OS(=O)(=O)C(F)(F)F)(OS(=O)(=O)C(F)(F)F)OC(c1ccccc1)=N[N+]2(C)C. The number of halogens is 6. The van der Waals surface area contributed by atoms with Crippen molar-refractivity contribution in [1.29, 1.82) is 0 Å². The van der Waals surface area contributed by atoms with Gasteiger partial charge in [0.25, 0.3) is 0 Å². The fourth-order valence-electron chi connectivity index (χ4n) is 4.58. The zero-order valence-corrected chi connectivity index (χ0v) is 24.0. The number of benzene rings is 2. The van der Waals surface area contributed by atoms with Gasteiger partial charge in [0, 0.05) is 0 Å². The number of rotatable bonds is 6. The second kappa shape index (κ2) is 8.26. The van der Waals surface area contributed by atoms with E-state index in [-0.39, 0.29) is 11.1 Å². The molecule has 12 nitrogen and oxygen atoms in total. The topological polar surface area (TPSA) is 130 Å². The number of hydrogen-bond acceptors (Lipinski definition) is 10. The first-order valence-corrected chi connectivity index (χ1v) is 16.5. The second-order valence-corrected chi connectivity index (χ2v) is 19.2. The van der Waals surface area contributed by atoms with E-state index < -0.39 is 59.5 Å². The molecule has 0 amide bonds. The van der Waals surface area contributed by atoms with Crippen LogP contribution in [-0.4, -0.2) is 84.3 Å². The Morgan fingerprint density at radius 1 is 0.634 bits per heavy atom. The van der Waals surface area contributed by atoms with Gasteiger partial charge in [-0.2, -0.15) is 0 Å². The van der Waals surface area contributed by atoms with Crippen molar-refractivity contribution in [3.63, 3.8) is 0 Å². The maximum atomic E-state index is 14.0. The molecule has 0 unspecified atom stereocenters. The molecule has 4 rings (SSSR count). The van der Waals surface area contributed by atoms with Gasteiger partial charge in [-0.25, -0.2) is 0 Å². The first kappa shape index (κ1) is 30.9. The summed E-state index contributed by atoms with van der Waals surface area (Å²) in [5, 5.41) is 8.00. The average molecular weight is 653 g/mol. The summed E-state index contributed by atoms with van der Waals surface area (Å²) in [5.74, 6) is -1.74. The number of nitrogens with zero attached hydrogens (tertiary/aromatic N) is 4. The summed E-state index contributed by atoms with van der Waals surface area (Å²) in [6, 6.07) is 13.4. The van der Waals surface area contributed by atoms with Gasteiger partial charge < -0.3 is 0 Å². The molecule has 2 aliphatic heterocycles. The molecule has 21 heteroatoms. The number of alkyl halides is 6. The van der Waals surface area contributed by atoms with Crippen LogP contribution in [-0.2, 0) is 36.8 Å². The first-order chi connectivity index (χ1) is 18.4. The Hall–Kier alpha value is -3.08. The zero-order valence-electron chi connectivity index (χ0n) is 21.4. The van der Waals surface area contributed by atoms with E-state index in [1.165, 1.54) is 60.7 Å². The van der Waals surface area contributed by atoms with E-state index in [0.29, 0.717) is 28.2 Å². The normalized spacial score (nSPS) is 24.0. The van der Waals surface area contributed by atoms with Gasteiger partial charge in [-0.1, -0.05) is 0 Å². The third-order valence-corrected chi connectivity index (χ3v) is 18.5. The molecule has 1 spiro atoms. The fraction of sp³-hybridized carbons (Fsp3) is 0.300. The molecule has 0 bridgehead atoms. The fourth-order valence-corrected chi connectivity index (χ4v) is 16.7. The summed E-state index contributed by atoms with van der Waals surface area (Å²) >= 11 is 0. The Balaban J connectivity index is 2.24. The molecule has 0 N–H and O–H groups in total. The van der Waals surface area contributed by atoms with Crippen LogP contribution in [0.1, 0.15) is 11.1 Å². The van der Waals surface area contributed by atoms with E-state index in [9.17, 15) is 43.2 Å². The molecule has 41 heavy (non-hydrogen) atoms. The van der Waals surface area contributed by atoms with Crippen molar-refractivity contribution in [2.45, 2.75) is 11.0 Å². The van der Waals surface area contributed by atoms with E-state index in [4.69, 9.17) is 16.6 Å². The van der Waals surface area contributed by atoms with Gasteiger partial charge >= 0.3 is 229 Å². The van der Waals surface area contributed by atoms with Crippen LogP contribution < -0.4 is 0 Å². The van der Waals surface area contributed by atoms with Gasteiger partial charge in [0.05, 0.1) is 0 Å². The quantitative estimate of drug-likeness (QED) is 0.265. The molecule has 0 atom stereocenters. The van der Waals surface area contributed by atoms with Gasteiger partial charge in [0.1, 0.15) is 0 Å². The molecule has 0 fully saturated rings. The molecule has 0 radical (unpaired) electrons. The standard InChI is InChI=1S/C20H22F6N4O8S2Si/c1-29(2)27-17(15-11-7-5-8-12-15)35-41(29,37-39(31,32)19(21,22)23,38-40(33,34)20(24,25)26)30(3,4)28-18(36-41)16-13-9-6-10-14-16/h5-14H,1-4H3. The molecule has 2 aliphatic rings. The molecule has 228 valence electrons. The van der Waals surface area contributed by atoms with Crippen LogP contribution in [0.2, 0.25) is 0 Å². The van der Waals surface area contributed by atoms with E-state index in [1.807, 2.05) is 0 Å². The first-order valence-electron chi connectivity index (χ1n) is 11.2. The van der Waals surface area contributed by atoms with E-state index >= 15 is 0 Å². The Labute approximate surface area is 229 Å². The van der Waals surface area contributed by atoms with Crippen LogP contribution in [0.15, 0.2) is 70.9 Å². The molecule has 2 aromatic rings. The summed E-state index contributed by atoms with van der Waals surface area (Å²) < 4.78 is 152. The Morgan fingerprint density at radius 2 is 0.927 bits per heavy atom. The van der Waals surface area contributed by atoms with E-state index in [2.05, 4.69) is 10.2 Å². The maximum absolute atomic E-state index is 14.0. The average Bonchev–Trinajstić information content (AvgIpc) is 3.15. The zero-order chi connectivity index (χ0) is 31.0. The van der Waals surface area contributed by atoms with Gasteiger partial charge in [0.15, 0.2) is 0 Å². The minimum atomic E-state index is -8.88. The molecular weight excluding hydrogens is 630 g/mol. The van der Waals surface area contributed by atoms with Crippen molar-refractivity contribution in [3.8, 4) is 0 Å². The van der Waals surface area contributed by atoms with Gasteiger partial charge in [-0.05, 0) is 0 Å². The predicted molar refractivity (Wildman–Crippen MR) is 130 cm³/mol. The van der Waals surface area contributed by atoms with Gasteiger partial charge in [-0.3, -0.25) is 0 Å². The number of hydrogen-bond donors (Lipinski definition) is 0.